The average molecular weight is 323 g/mol. The third-order valence-corrected chi connectivity index (χ3v) is 2.85. The highest BCUT2D eigenvalue weighted by Gasteiger charge is 2.25. The number of amides is 2. The molecule has 2 amide bonds. The van der Waals surface area contributed by atoms with Crippen LogP contribution < -0.4 is 10.6 Å². The predicted octanol–water partition coefficient (Wildman–Crippen LogP) is 1.18. The zero-order chi connectivity index (χ0) is 17.2. The number of rotatable bonds is 7. The van der Waals surface area contributed by atoms with E-state index in [2.05, 4.69) is 25.3 Å². The van der Waals surface area contributed by atoms with Crippen molar-refractivity contribution in [3.63, 3.8) is 0 Å². The number of carbonyl (C=O) groups is 3. The van der Waals surface area contributed by atoms with Gasteiger partial charge >= 0.3 is 18.0 Å². The second-order valence-electron chi connectivity index (χ2n) is 4.44. The number of hydrogen-bond donors (Lipinski definition) is 2. The third-order valence-electron chi connectivity index (χ3n) is 2.85. The number of urea groups is 1. The van der Waals surface area contributed by atoms with Crippen molar-refractivity contribution >= 4 is 23.7 Å². The van der Waals surface area contributed by atoms with Crippen LogP contribution in [0.1, 0.15) is 12.0 Å². The molecule has 0 radical (unpaired) electrons. The number of methoxy groups -OCH3 is 2. The van der Waals surface area contributed by atoms with Crippen molar-refractivity contribution in [1.82, 2.24) is 5.32 Å². The number of nitrogens with zero attached hydrogens (tertiary/aromatic N) is 1. The number of hydrogen-bond acceptors (Lipinski definition) is 7. The van der Waals surface area contributed by atoms with E-state index >= 15 is 0 Å². The van der Waals surface area contributed by atoms with Gasteiger partial charge in [-0.25, -0.2) is 9.59 Å². The predicted molar refractivity (Wildman–Crippen MR) is 80.5 cm³/mol. The molecule has 0 heterocycles. The Morgan fingerprint density at radius 1 is 1.13 bits per heavy atom. The molecule has 0 aliphatic carbocycles. The van der Waals surface area contributed by atoms with Gasteiger partial charge in [0.15, 0.2) is 0 Å². The van der Waals surface area contributed by atoms with E-state index in [0.717, 1.165) is 7.11 Å². The molecule has 0 aliphatic heterocycles. The second-order valence-corrected chi connectivity index (χ2v) is 4.44. The lowest BCUT2D eigenvalue weighted by molar-refractivity contribution is -0.149. The summed E-state index contributed by atoms with van der Waals surface area (Å²) in [5.41, 5.74) is 1.14. The molecule has 2 N–H and O–H groups in total. The Hall–Kier alpha value is -2.97. The molecule has 1 unspecified atom stereocenters. The monoisotopic (exact) mass is 323 g/mol. The molecule has 0 aromatic heterocycles. The number of nitrogens with one attached hydrogen (secondary N) is 2. The van der Waals surface area contributed by atoms with Crippen molar-refractivity contribution < 1.29 is 23.9 Å². The maximum Gasteiger partial charge on any atom is 0.329 e. The number of benzene rings is 1. The number of nitroso groups, excluding NO2 is 1. The Bertz CT molecular complexity index is 572. The number of esters is 2. The molecule has 1 aromatic carbocycles. The minimum atomic E-state index is -1.16. The molecule has 1 atom stereocenters. The van der Waals surface area contributed by atoms with Crippen LogP contribution in [0.5, 0.6) is 0 Å². The van der Waals surface area contributed by atoms with E-state index in [9.17, 15) is 19.3 Å². The van der Waals surface area contributed by atoms with Crippen LogP contribution in [0.4, 0.5) is 10.5 Å². The topological polar surface area (TPSA) is 123 Å². The van der Waals surface area contributed by atoms with Crippen LogP contribution in [0.25, 0.3) is 0 Å². The summed E-state index contributed by atoms with van der Waals surface area (Å²) in [5, 5.41) is 7.58. The first-order chi connectivity index (χ1) is 11.0. The van der Waals surface area contributed by atoms with Gasteiger partial charge in [0, 0.05) is 5.69 Å². The summed E-state index contributed by atoms with van der Waals surface area (Å²) < 4.78 is 8.98. The number of anilines is 1. The van der Waals surface area contributed by atoms with Crippen molar-refractivity contribution in [3.05, 3.63) is 34.7 Å². The van der Waals surface area contributed by atoms with Gasteiger partial charge in [-0.3, -0.25) is 4.79 Å². The fourth-order valence-corrected chi connectivity index (χ4v) is 1.68. The Balaban J connectivity index is 2.65. The van der Waals surface area contributed by atoms with Crippen molar-refractivity contribution in [2.24, 2.45) is 5.18 Å². The molecule has 124 valence electrons. The van der Waals surface area contributed by atoms with Gasteiger partial charge in [-0.1, -0.05) is 17.3 Å². The third kappa shape index (κ3) is 6.12. The SMILES string of the molecule is COC(=O)CC(NC(=O)Nc1ccc(CN=O)cc1)C(=O)OC. The quantitative estimate of drug-likeness (QED) is 0.573. The van der Waals surface area contributed by atoms with Crippen molar-refractivity contribution in [1.29, 1.82) is 0 Å². The van der Waals surface area contributed by atoms with E-state index in [1.807, 2.05) is 0 Å². The van der Waals surface area contributed by atoms with Crippen molar-refractivity contribution in [2.75, 3.05) is 19.5 Å². The summed E-state index contributed by atoms with van der Waals surface area (Å²) in [6, 6.07) is 4.56. The summed E-state index contributed by atoms with van der Waals surface area (Å²) in [5.74, 6) is -1.43. The van der Waals surface area contributed by atoms with E-state index in [-0.39, 0.29) is 13.0 Å². The van der Waals surface area contributed by atoms with Gasteiger partial charge in [-0.15, -0.1) is 0 Å². The summed E-state index contributed by atoms with van der Waals surface area (Å²) in [7, 11) is 2.32. The van der Waals surface area contributed by atoms with E-state index in [4.69, 9.17) is 0 Å². The van der Waals surface area contributed by atoms with Gasteiger partial charge < -0.3 is 20.1 Å². The van der Waals surface area contributed by atoms with Gasteiger partial charge in [0.1, 0.15) is 12.6 Å². The fourth-order valence-electron chi connectivity index (χ4n) is 1.68. The maximum atomic E-state index is 11.9. The molecule has 9 nitrogen and oxygen atoms in total. The van der Waals surface area contributed by atoms with Crippen LogP contribution in [0.3, 0.4) is 0 Å². The molecule has 0 saturated carbocycles. The molecule has 1 rings (SSSR count). The van der Waals surface area contributed by atoms with Crippen LogP contribution in [0, 0.1) is 4.91 Å². The van der Waals surface area contributed by atoms with E-state index in [0.29, 0.717) is 11.3 Å². The number of carbonyl (C=O) groups excluding carboxylic acids is 3. The van der Waals surface area contributed by atoms with Crippen molar-refractivity contribution in [3.8, 4) is 0 Å². The Labute approximate surface area is 132 Å². The first-order valence-corrected chi connectivity index (χ1v) is 6.60. The van der Waals surface area contributed by atoms with Gasteiger partial charge in [0.05, 0.1) is 20.6 Å². The Kier molecular flexibility index (Phi) is 7.18. The molecule has 0 bridgehead atoms. The second kappa shape index (κ2) is 9.13. The lowest BCUT2D eigenvalue weighted by Gasteiger charge is -2.16. The highest BCUT2D eigenvalue weighted by Crippen LogP contribution is 2.10. The largest absolute Gasteiger partial charge is 0.469 e. The normalized spacial score (nSPS) is 11.0. The molecule has 1 aromatic rings. The minimum Gasteiger partial charge on any atom is -0.469 e. The molecule has 0 aliphatic rings. The van der Waals surface area contributed by atoms with Gasteiger partial charge in [0.25, 0.3) is 0 Å². The Morgan fingerprint density at radius 2 is 1.78 bits per heavy atom. The van der Waals surface area contributed by atoms with Crippen molar-refractivity contribution in [2.45, 2.75) is 19.0 Å². The molecular formula is C14H17N3O6. The summed E-state index contributed by atoms with van der Waals surface area (Å²) in [6.45, 7) is 0.0377. The average Bonchev–Trinajstić information content (AvgIpc) is 2.55. The summed E-state index contributed by atoms with van der Waals surface area (Å²) in [6.07, 6.45) is -0.347. The molecule has 9 heteroatoms. The maximum absolute atomic E-state index is 11.9. The first-order valence-electron chi connectivity index (χ1n) is 6.60. The summed E-state index contributed by atoms with van der Waals surface area (Å²) in [4.78, 5) is 44.8. The van der Waals surface area contributed by atoms with E-state index in [1.54, 1.807) is 24.3 Å². The van der Waals surface area contributed by atoms with E-state index in [1.165, 1.54) is 7.11 Å². The van der Waals surface area contributed by atoms with Crippen LogP contribution in [-0.2, 0) is 25.6 Å². The lowest BCUT2D eigenvalue weighted by atomic mass is 10.2. The molecule has 0 fully saturated rings. The smallest absolute Gasteiger partial charge is 0.329 e. The van der Waals surface area contributed by atoms with Gasteiger partial charge in [-0.05, 0) is 17.7 Å². The minimum absolute atomic E-state index is 0.0377. The van der Waals surface area contributed by atoms with Gasteiger partial charge in [0.2, 0.25) is 0 Å². The van der Waals surface area contributed by atoms with Crippen LogP contribution in [0.2, 0.25) is 0 Å². The van der Waals surface area contributed by atoms with Crippen LogP contribution >= 0.6 is 0 Å². The summed E-state index contributed by atoms with van der Waals surface area (Å²) >= 11 is 0. The van der Waals surface area contributed by atoms with E-state index < -0.39 is 24.0 Å². The fraction of sp³-hybridized carbons (Fsp3) is 0.357. The molecule has 0 saturated heterocycles. The number of ether oxygens (including phenoxy) is 2. The lowest BCUT2D eigenvalue weighted by Crippen LogP contribution is -2.45. The molecular weight excluding hydrogens is 306 g/mol. The highest BCUT2D eigenvalue weighted by atomic mass is 16.5. The van der Waals surface area contributed by atoms with Crippen LogP contribution in [0.15, 0.2) is 29.4 Å². The molecule has 23 heavy (non-hydrogen) atoms. The zero-order valence-electron chi connectivity index (χ0n) is 12.7. The standard InChI is InChI=1S/C14H17N3O6/c1-22-12(18)7-11(13(19)23-2)17-14(20)16-10-5-3-9(4-6-10)8-15-21/h3-6,11H,7-8H2,1-2H3,(H2,16,17,20). The van der Waals surface area contributed by atoms with Crippen LogP contribution in [-0.4, -0.2) is 38.2 Å². The zero-order valence-corrected chi connectivity index (χ0v) is 12.7. The first kappa shape index (κ1) is 18.1. The van der Waals surface area contributed by atoms with Gasteiger partial charge in [-0.2, -0.15) is 4.91 Å². The molecule has 0 spiro atoms. The Morgan fingerprint density at radius 3 is 2.30 bits per heavy atom. The highest BCUT2D eigenvalue weighted by molar-refractivity contribution is 5.93.